The Hall–Kier alpha value is -2.43. The van der Waals surface area contributed by atoms with E-state index >= 15 is 0 Å². The number of unbranched alkanes of at least 4 members (excludes halogenated alkanes) is 8. The number of imide groups is 1. The predicted octanol–water partition coefficient (Wildman–Crippen LogP) is 6.25. The average Bonchev–Trinajstić information content (AvgIpc) is 3.04. The molecule has 3 atom stereocenters. The molecule has 1 fully saturated rings. The van der Waals surface area contributed by atoms with Crippen LogP contribution >= 0.6 is 0 Å². The first-order chi connectivity index (χ1) is 15.5. The van der Waals surface area contributed by atoms with Gasteiger partial charge in [0.15, 0.2) is 0 Å². The maximum atomic E-state index is 12.9. The van der Waals surface area contributed by atoms with Gasteiger partial charge in [-0.25, -0.2) is 0 Å². The van der Waals surface area contributed by atoms with Crippen LogP contribution in [0.4, 0.5) is 11.4 Å². The van der Waals surface area contributed by atoms with Crippen LogP contribution in [0, 0.1) is 17.8 Å². The summed E-state index contributed by atoms with van der Waals surface area (Å²) < 4.78 is 0. The first kappa shape index (κ1) is 24.2. The van der Waals surface area contributed by atoms with Crippen LogP contribution in [-0.4, -0.2) is 17.7 Å². The minimum atomic E-state index is -0.261. The lowest BCUT2D eigenvalue weighted by Crippen LogP contribution is -2.31. The summed E-state index contributed by atoms with van der Waals surface area (Å²) in [5, 5.41) is 2.93. The van der Waals surface area contributed by atoms with Crippen molar-refractivity contribution in [3.63, 3.8) is 0 Å². The van der Waals surface area contributed by atoms with E-state index in [9.17, 15) is 14.4 Å². The van der Waals surface area contributed by atoms with Gasteiger partial charge in [0.25, 0.3) is 0 Å². The van der Waals surface area contributed by atoms with Crippen LogP contribution in [0.2, 0.25) is 0 Å². The monoisotopic (exact) mass is 438 g/mol. The van der Waals surface area contributed by atoms with Crippen molar-refractivity contribution in [2.45, 2.75) is 84.5 Å². The zero-order chi connectivity index (χ0) is 22.9. The van der Waals surface area contributed by atoms with Crippen molar-refractivity contribution in [2.75, 3.05) is 10.2 Å². The Morgan fingerprint density at radius 1 is 0.938 bits per heavy atom. The summed E-state index contributed by atoms with van der Waals surface area (Å²) in [6.07, 6.45) is 16.2. The molecule has 3 rings (SSSR count). The Morgan fingerprint density at radius 2 is 1.56 bits per heavy atom. The molecule has 1 aliphatic carbocycles. The molecular formula is C27H38N2O3. The Kier molecular flexibility index (Phi) is 9.07. The Labute approximate surface area is 192 Å². The lowest BCUT2D eigenvalue weighted by molar-refractivity contribution is -0.122. The molecule has 0 spiro atoms. The molecule has 1 aliphatic heterocycles. The quantitative estimate of drug-likeness (QED) is 0.238. The molecule has 32 heavy (non-hydrogen) atoms. The molecule has 1 aromatic rings. The molecule has 0 unspecified atom stereocenters. The van der Waals surface area contributed by atoms with Crippen LogP contribution in [0.15, 0.2) is 36.4 Å². The van der Waals surface area contributed by atoms with Gasteiger partial charge in [-0.3, -0.25) is 19.3 Å². The fourth-order valence-electron chi connectivity index (χ4n) is 4.92. The standard InChI is InChI=1S/C27H38N2O3/c1-3-4-5-6-7-8-9-10-11-15-24(30)28-21-16-18-22(19-17-21)29-26(31)23-14-12-13-20(2)25(23)27(29)32/h12-13,16-20,23,25H,3-11,14-15H2,1-2H3,(H,28,30)/t20-,23+,25+/m0/s1. The molecule has 0 saturated carbocycles. The number of nitrogens with one attached hydrogen (secondary N) is 1. The van der Waals surface area contributed by atoms with Gasteiger partial charge in [0.2, 0.25) is 17.7 Å². The highest BCUT2D eigenvalue weighted by atomic mass is 16.2. The third-order valence-corrected chi connectivity index (χ3v) is 6.79. The van der Waals surface area contributed by atoms with E-state index in [0.717, 1.165) is 12.8 Å². The van der Waals surface area contributed by atoms with Crippen LogP contribution < -0.4 is 10.2 Å². The molecular weight excluding hydrogens is 400 g/mol. The molecule has 1 N–H and O–H groups in total. The third kappa shape index (κ3) is 6.08. The second-order valence-electron chi connectivity index (χ2n) is 9.34. The van der Waals surface area contributed by atoms with Crippen LogP contribution in [0.25, 0.3) is 0 Å². The van der Waals surface area contributed by atoms with Crippen molar-refractivity contribution in [1.29, 1.82) is 0 Å². The zero-order valence-corrected chi connectivity index (χ0v) is 19.6. The van der Waals surface area contributed by atoms with Crippen molar-refractivity contribution >= 4 is 29.1 Å². The molecule has 5 nitrogen and oxygen atoms in total. The van der Waals surface area contributed by atoms with Gasteiger partial charge in [-0.2, -0.15) is 0 Å². The first-order valence-corrected chi connectivity index (χ1v) is 12.5. The summed E-state index contributed by atoms with van der Waals surface area (Å²) in [7, 11) is 0. The molecule has 1 heterocycles. The van der Waals surface area contributed by atoms with Crippen molar-refractivity contribution < 1.29 is 14.4 Å². The Balaban J connectivity index is 1.41. The number of nitrogens with zero attached hydrogens (tertiary/aromatic N) is 1. The van der Waals surface area contributed by atoms with Crippen LogP contribution in [0.3, 0.4) is 0 Å². The third-order valence-electron chi connectivity index (χ3n) is 6.79. The van der Waals surface area contributed by atoms with Crippen LogP contribution in [0.1, 0.15) is 84.5 Å². The number of benzene rings is 1. The molecule has 0 aromatic heterocycles. The summed E-state index contributed by atoms with van der Waals surface area (Å²) in [5.41, 5.74) is 1.28. The van der Waals surface area contributed by atoms with E-state index in [1.807, 2.05) is 19.1 Å². The first-order valence-electron chi connectivity index (χ1n) is 12.5. The van der Waals surface area contributed by atoms with Crippen molar-refractivity contribution in [3.8, 4) is 0 Å². The number of amides is 3. The number of carbonyl (C=O) groups excluding carboxylic acids is 3. The van der Waals surface area contributed by atoms with Gasteiger partial charge < -0.3 is 5.32 Å². The van der Waals surface area contributed by atoms with Gasteiger partial charge in [-0.1, -0.05) is 77.4 Å². The zero-order valence-electron chi connectivity index (χ0n) is 19.6. The Bertz CT molecular complexity index is 815. The molecule has 1 aromatic carbocycles. The number of rotatable bonds is 12. The maximum Gasteiger partial charge on any atom is 0.238 e. The van der Waals surface area contributed by atoms with E-state index in [-0.39, 0.29) is 35.5 Å². The molecule has 5 heteroatoms. The van der Waals surface area contributed by atoms with E-state index in [0.29, 0.717) is 24.2 Å². The molecule has 0 radical (unpaired) electrons. The highest BCUT2D eigenvalue weighted by Gasteiger charge is 2.50. The van der Waals surface area contributed by atoms with E-state index in [1.54, 1.807) is 24.3 Å². The maximum absolute atomic E-state index is 12.9. The van der Waals surface area contributed by atoms with Gasteiger partial charge >= 0.3 is 0 Å². The van der Waals surface area contributed by atoms with E-state index in [2.05, 4.69) is 12.2 Å². The molecule has 3 amide bonds. The number of hydrogen-bond donors (Lipinski definition) is 1. The van der Waals surface area contributed by atoms with Gasteiger partial charge in [-0.05, 0) is 43.0 Å². The topological polar surface area (TPSA) is 66.5 Å². The summed E-state index contributed by atoms with van der Waals surface area (Å²) in [6, 6.07) is 7.04. The number of anilines is 2. The largest absolute Gasteiger partial charge is 0.326 e. The van der Waals surface area contributed by atoms with Crippen molar-refractivity contribution in [2.24, 2.45) is 17.8 Å². The summed E-state index contributed by atoms with van der Waals surface area (Å²) in [6.45, 7) is 4.23. The minimum Gasteiger partial charge on any atom is -0.326 e. The molecule has 1 saturated heterocycles. The number of fused-ring (bicyclic) bond motifs is 1. The number of allylic oxidation sites excluding steroid dienone is 2. The molecule has 174 valence electrons. The minimum absolute atomic E-state index is 0.0138. The fraction of sp³-hybridized carbons (Fsp3) is 0.593. The predicted molar refractivity (Wildman–Crippen MR) is 129 cm³/mol. The van der Waals surface area contributed by atoms with Crippen LogP contribution in [0.5, 0.6) is 0 Å². The van der Waals surface area contributed by atoms with Crippen molar-refractivity contribution in [1.82, 2.24) is 0 Å². The molecule has 0 bridgehead atoms. The van der Waals surface area contributed by atoms with Crippen LogP contribution in [-0.2, 0) is 14.4 Å². The lowest BCUT2D eigenvalue weighted by atomic mass is 9.78. The summed E-state index contributed by atoms with van der Waals surface area (Å²) >= 11 is 0. The lowest BCUT2D eigenvalue weighted by Gasteiger charge is -2.22. The second-order valence-corrected chi connectivity index (χ2v) is 9.34. The second kappa shape index (κ2) is 12.0. The van der Waals surface area contributed by atoms with E-state index in [4.69, 9.17) is 0 Å². The van der Waals surface area contributed by atoms with Crippen molar-refractivity contribution in [3.05, 3.63) is 36.4 Å². The Morgan fingerprint density at radius 3 is 2.19 bits per heavy atom. The normalized spacial score (nSPS) is 22.3. The highest BCUT2D eigenvalue weighted by Crippen LogP contribution is 2.40. The SMILES string of the molecule is CCCCCCCCCCCC(=O)Nc1ccc(N2C(=O)[C@@H]3[C@@H](C)C=CC[C@H]3C2=O)cc1. The van der Waals surface area contributed by atoms with Gasteiger partial charge in [-0.15, -0.1) is 0 Å². The summed E-state index contributed by atoms with van der Waals surface area (Å²) in [4.78, 5) is 39.3. The summed E-state index contributed by atoms with van der Waals surface area (Å²) in [5.74, 6) is -0.645. The smallest absolute Gasteiger partial charge is 0.238 e. The fourth-order valence-corrected chi connectivity index (χ4v) is 4.92. The number of hydrogen-bond acceptors (Lipinski definition) is 3. The highest BCUT2D eigenvalue weighted by molar-refractivity contribution is 6.22. The van der Waals surface area contributed by atoms with Gasteiger partial charge in [0, 0.05) is 12.1 Å². The van der Waals surface area contributed by atoms with E-state index < -0.39 is 0 Å². The molecule has 2 aliphatic rings. The van der Waals surface area contributed by atoms with Gasteiger partial charge in [0.1, 0.15) is 0 Å². The average molecular weight is 439 g/mol. The number of carbonyl (C=O) groups is 3. The van der Waals surface area contributed by atoms with Gasteiger partial charge in [0.05, 0.1) is 17.5 Å². The van der Waals surface area contributed by atoms with E-state index in [1.165, 1.54) is 49.8 Å².